The van der Waals surface area contributed by atoms with Crippen LogP contribution < -0.4 is 5.32 Å². The first kappa shape index (κ1) is 13.7. The summed E-state index contributed by atoms with van der Waals surface area (Å²) in [7, 11) is 0. The SMILES string of the molecule is CCN(CC)CCNc1ncnc2cccc(C)c12. The van der Waals surface area contributed by atoms with Crippen LogP contribution in [-0.4, -0.2) is 41.0 Å². The number of anilines is 1. The van der Waals surface area contributed by atoms with Crippen molar-refractivity contribution < 1.29 is 0 Å². The van der Waals surface area contributed by atoms with Crippen molar-refractivity contribution in [1.82, 2.24) is 14.9 Å². The molecule has 0 aliphatic carbocycles. The molecular weight excluding hydrogens is 236 g/mol. The Balaban J connectivity index is 2.13. The van der Waals surface area contributed by atoms with E-state index in [1.165, 1.54) is 5.56 Å². The van der Waals surface area contributed by atoms with Crippen molar-refractivity contribution in [2.45, 2.75) is 20.8 Å². The van der Waals surface area contributed by atoms with Crippen molar-refractivity contribution in [2.75, 3.05) is 31.5 Å². The first-order chi connectivity index (χ1) is 9.26. The largest absolute Gasteiger partial charge is 0.368 e. The van der Waals surface area contributed by atoms with E-state index in [0.29, 0.717) is 0 Å². The van der Waals surface area contributed by atoms with E-state index in [9.17, 15) is 0 Å². The van der Waals surface area contributed by atoms with Crippen LogP contribution in [0.5, 0.6) is 0 Å². The van der Waals surface area contributed by atoms with Gasteiger partial charge in [-0.2, -0.15) is 0 Å². The van der Waals surface area contributed by atoms with Crippen molar-refractivity contribution in [3.8, 4) is 0 Å². The molecule has 19 heavy (non-hydrogen) atoms. The molecule has 0 saturated carbocycles. The smallest absolute Gasteiger partial charge is 0.137 e. The van der Waals surface area contributed by atoms with Crippen molar-refractivity contribution >= 4 is 16.7 Å². The van der Waals surface area contributed by atoms with E-state index in [2.05, 4.69) is 47.0 Å². The Kier molecular flexibility index (Phi) is 4.68. The fourth-order valence-electron chi connectivity index (χ4n) is 2.29. The molecule has 102 valence electrons. The fourth-order valence-corrected chi connectivity index (χ4v) is 2.29. The van der Waals surface area contributed by atoms with E-state index in [1.54, 1.807) is 6.33 Å². The van der Waals surface area contributed by atoms with Crippen molar-refractivity contribution in [3.63, 3.8) is 0 Å². The zero-order valence-corrected chi connectivity index (χ0v) is 12.0. The summed E-state index contributed by atoms with van der Waals surface area (Å²) >= 11 is 0. The molecule has 0 saturated heterocycles. The van der Waals surface area contributed by atoms with Crippen LogP contribution in [0.4, 0.5) is 5.82 Å². The number of nitrogens with zero attached hydrogens (tertiary/aromatic N) is 3. The van der Waals surface area contributed by atoms with Gasteiger partial charge in [0, 0.05) is 18.5 Å². The third kappa shape index (κ3) is 3.20. The third-order valence-electron chi connectivity index (χ3n) is 3.49. The van der Waals surface area contributed by atoms with Crippen molar-refractivity contribution in [1.29, 1.82) is 0 Å². The maximum atomic E-state index is 4.38. The average Bonchev–Trinajstić information content (AvgIpc) is 2.44. The van der Waals surface area contributed by atoms with Crippen molar-refractivity contribution in [2.24, 2.45) is 0 Å². The van der Waals surface area contributed by atoms with Gasteiger partial charge in [-0.1, -0.05) is 26.0 Å². The van der Waals surface area contributed by atoms with E-state index in [-0.39, 0.29) is 0 Å². The first-order valence-electron chi connectivity index (χ1n) is 6.92. The summed E-state index contributed by atoms with van der Waals surface area (Å²) in [5.74, 6) is 0.940. The minimum atomic E-state index is 0.905. The van der Waals surface area contributed by atoms with Gasteiger partial charge in [-0.25, -0.2) is 9.97 Å². The average molecular weight is 258 g/mol. The lowest BCUT2D eigenvalue weighted by Crippen LogP contribution is -2.28. The summed E-state index contributed by atoms with van der Waals surface area (Å²) in [6, 6.07) is 6.16. The molecule has 4 nitrogen and oxygen atoms in total. The second-order valence-corrected chi connectivity index (χ2v) is 4.64. The van der Waals surface area contributed by atoms with Crippen molar-refractivity contribution in [3.05, 3.63) is 30.1 Å². The fraction of sp³-hybridized carbons (Fsp3) is 0.467. The van der Waals surface area contributed by atoms with Crippen LogP contribution in [0.25, 0.3) is 10.9 Å². The molecule has 0 amide bonds. The lowest BCUT2D eigenvalue weighted by Gasteiger charge is -2.18. The van der Waals surface area contributed by atoms with Gasteiger partial charge in [0.15, 0.2) is 0 Å². The van der Waals surface area contributed by atoms with Gasteiger partial charge in [-0.15, -0.1) is 0 Å². The highest BCUT2D eigenvalue weighted by Gasteiger charge is 2.06. The van der Waals surface area contributed by atoms with E-state index >= 15 is 0 Å². The molecule has 0 unspecified atom stereocenters. The molecule has 1 aromatic carbocycles. The number of rotatable bonds is 6. The minimum Gasteiger partial charge on any atom is -0.368 e. The van der Waals surface area contributed by atoms with Gasteiger partial charge in [0.25, 0.3) is 0 Å². The standard InChI is InChI=1S/C15H22N4/c1-4-19(5-2)10-9-16-15-14-12(3)7-6-8-13(14)17-11-18-15/h6-8,11H,4-5,9-10H2,1-3H3,(H,16,17,18). The highest BCUT2D eigenvalue weighted by atomic mass is 15.1. The zero-order chi connectivity index (χ0) is 13.7. The third-order valence-corrected chi connectivity index (χ3v) is 3.49. The molecule has 0 fully saturated rings. The topological polar surface area (TPSA) is 41.0 Å². The van der Waals surface area contributed by atoms with Gasteiger partial charge in [-0.05, 0) is 31.6 Å². The van der Waals surface area contributed by atoms with Crippen LogP contribution in [0.15, 0.2) is 24.5 Å². The summed E-state index contributed by atoms with van der Waals surface area (Å²) in [5, 5.41) is 4.56. The van der Waals surface area contributed by atoms with Crippen LogP contribution in [-0.2, 0) is 0 Å². The summed E-state index contributed by atoms with van der Waals surface area (Å²) in [6.07, 6.45) is 1.63. The normalized spacial score (nSPS) is 11.2. The Morgan fingerprint density at radius 3 is 2.68 bits per heavy atom. The molecule has 1 aromatic heterocycles. The minimum absolute atomic E-state index is 0.905. The maximum absolute atomic E-state index is 4.38. The summed E-state index contributed by atoms with van der Waals surface area (Å²) in [5.41, 5.74) is 2.21. The van der Waals surface area contributed by atoms with Crippen LogP contribution >= 0.6 is 0 Å². The lowest BCUT2D eigenvalue weighted by atomic mass is 10.1. The number of nitrogens with one attached hydrogen (secondary N) is 1. The van der Waals surface area contributed by atoms with Gasteiger partial charge in [-0.3, -0.25) is 0 Å². The maximum Gasteiger partial charge on any atom is 0.137 e. The molecule has 4 heteroatoms. The molecule has 0 atom stereocenters. The summed E-state index contributed by atoms with van der Waals surface area (Å²) in [6.45, 7) is 10.6. The molecule has 2 aromatic rings. The van der Waals surface area contributed by atoms with E-state index in [4.69, 9.17) is 0 Å². The molecule has 2 rings (SSSR count). The molecular formula is C15H22N4. The van der Waals surface area contributed by atoms with Crippen LogP contribution in [0.2, 0.25) is 0 Å². The number of fused-ring (bicyclic) bond motifs is 1. The van der Waals surface area contributed by atoms with E-state index in [1.807, 2.05) is 12.1 Å². The van der Waals surface area contributed by atoms with Gasteiger partial charge in [0.05, 0.1) is 5.52 Å². The molecule has 0 aliphatic rings. The Hall–Kier alpha value is -1.68. The van der Waals surface area contributed by atoms with Crippen LogP contribution in [0, 0.1) is 6.92 Å². The number of aryl methyl sites for hydroxylation is 1. The molecule has 0 aliphatic heterocycles. The lowest BCUT2D eigenvalue weighted by molar-refractivity contribution is 0.316. The van der Waals surface area contributed by atoms with E-state index in [0.717, 1.165) is 42.9 Å². The first-order valence-corrected chi connectivity index (χ1v) is 6.92. The van der Waals surface area contributed by atoms with Gasteiger partial charge in [0.2, 0.25) is 0 Å². The molecule has 0 spiro atoms. The Bertz CT molecular complexity index is 529. The molecule has 0 radical (unpaired) electrons. The Morgan fingerprint density at radius 1 is 1.16 bits per heavy atom. The highest BCUT2D eigenvalue weighted by molar-refractivity contribution is 5.91. The summed E-state index contributed by atoms with van der Waals surface area (Å²) < 4.78 is 0. The van der Waals surface area contributed by atoms with Gasteiger partial charge in [0.1, 0.15) is 12.1 Å². The Labute approximate surface area is 114 Å². The molecule has 0 bridgehead atoms. The number of benzene rings is 1. The van der Waals surface area contributed by atoms with Gasteiger partial charge < -0.3 is 10.2 Å². The number of hydrogen-bond donors (Lipinski definition) is 1. The number of hydrogen-bond acceptors (Lipinski definition) is 4. The predicted molar refractivity (Wildman–Crippen MR) is 80.6 cm³/mol. The Morgan fingerprint density at radius 2 is 1.95 bits per heavy atom. The quantitative estimate of drug-likeness (QED) is 0.865. The zero-order valence-electron chi connectivity index (χ0n) is 12.0. The van der Waals surface area contributed by atoms with Gasteiger partial charge >= 0.3 is 0 Å². The predicted octanol–water partition coefficient (Wildman–Crippen LogP) is 2.69. The number of aromatic nitrogens is 2. The second kappa shape index (κ2) is 6.48. The van der Waals surface area contributed by atoms with Crippen LogP contribution in [0.3, 0.4) is 0 Å². The number of likely N-dealkylation sites (N-methyl/N-ethyl adjacent to an activating group) is 1. The summed E-state index contributed by atoms with van der Waals surface area (Å²) in [4.78, 5) is 11.1. The van der Waals surface area contributed by atoms with E-state index < -0.39 is 0 Å². The van der Waals surface area contributed by atoms with Crippen LogP contribution in [0.1, 0.15) is 19.4 Å². The molecule has 1 heterocycles. The second-order valence-electron chi connectivity index (χ2n) is 4.64. The monoisotopic (exact) mass is 258 g/mol. The molecule has 1 N–H and O–H groups in total. The highest BCUT2D eigenvalue weighted by Crippen LogP contribution is 2.22.